The van der Waals surface area contributed by atoms with Crippen LogP contribution in [0.2, 0.25) is 0 Å². The Kier molecular flexibility index (Phi) is 5.40. The van der Waals surface area contributed by atoms with Crippen molar-refractivity contribution in [2.24, 2.45) is 0 Å². The van der Waals surface area contributed by atoms with Crippen molar-refractivity contribution in [3.63, 3.8) is 0 Å². The standard InChI is InChI=1S/C16H21N3O5/c1-16(10-23-2)14(21)19(15(22)18-16)9-13(20)17-8-11-6-4-5-7-12(11)24-3/h4-7H,8-10H2,1-3H3,(H,17,20)(H,18,22). The SMILES string of the molecule is COCC1(C)NC(=O)N(CC(=O)NCc2ccccc2OC)C1=O. The largest absolute Gasteiger partial charge is 0.496 e. The van der Waals surface area contributed by atoms with E-state index in [0.29, 0.717) is 5.75 Å². The number of hydrogen-bond donors (Lipinski definition) is 2. The summed E-state index contributed by atoms with van der Waals surface area (Å²) in [6.45, 7) is 1.49. The fraction of sp³-hybridized carbons (Fsp3) is 0.438. The van der Waals surface area contributed by atoms with Crippen molar-refractivity contribution in [2.45, 2.75) is 19.0 Å². The van der Waals surface area contributed by atoms with Gasteiger partial charge in [-0.2, -0.15) is 0 Å². The molecule has 1 heterocycles. The molecular weight excluding hydrogens is 314 g/mol. The van der Waals surface area contributed by atoms with E-state index in [2.05, 4.69) is 10.6 Å². The zero-order chi connectivity index (χ0) is 17.7. The van der Waals surface area contributed by atoms with Crippen molar-refractivity contribution in [1.82, 2.24) is 15.5 Å². The lowest BCUT2D eigenvalue weighted by atomic mass is 10.0. The molecule has 0 aliphatic carbocycles. The van der Waals surface area contributed by atoms with Gasteiger partial charge >= 0.3 is 6.03 Å². The van der Waals surface area contributed by atoms with Crippen LogP contribution in [0.25, 0.3) is 0 Å². The molecule has 1 atom stereocenters. The Morgan fingerprint density at radius 2 is 2.00 bits per heavy atom. The molecule has 1 aliphatic rings. The van der Waals surface area contributed by atoms with E-state index >= 15 is 0 Å². The van der Waals surface area contributed by atoms with Crippen LogP contribution in [0.15, 0.2) is 24.3 Å². The molecule has 1 fully saturated rings. The number of hydrogen-bond acceptors (Lipinski definition) is 5. The Hall–Kier alpha value is -2.61. The third-order valence-corrected chi connectivity index (χ3v) is 3.75. The number of urea groups is 1. The molecule has 24 heavy (non-hydrogen) atoms. The number of ether oxygens (including phenoxy) is 2. The van der Waals surface area contributed by atoms with Crippen LogP contribution in [0.5, 0.6) is 5.75 Å². The van der Waals surface area contributed by atoms with E-state index in [-0.39, 0.29) is 19.7 Å². The maximum Gasteiger partial charge on any atom is 0.325 e. The minimum atomic E-state index is -1.14. The number of benzene rings is 1. The monoisotopic (exact) mass is 335 g/mol. The highest BCUT2D eigenvalue weighted by molar-refractivity contribution is 6.08. The molecule has 2 rings (SSSR count). The summed E-state index contributed by atoms with van der Waals surface area (Å²) in [4.78, 5) is 37.2. The Morgan fingerprint density at radius 1 is 1.29 bits per heavy atom. The maximum atomic E-state index is 12.3. The molecule has 1 saturated heterocycles. The number of nitrogens with one attached hydrogen (secondary N) is 2. The van der Waals surface area contributed by atoms with Gasteiger partial charge in [-0.05, 0) is 13.0 Å². The molecule has 0 aromatic heterocycles. The lowest BCUT2D eigenvalue weighted by Gasteiger charge is -2.20. The van der Waals surface area contributed by atoms with Crippen LogP contribution in [0, 0.1) is 0 Å². The molecule has 0 saturated carbocycles. The van der Waals surface area contributed by atoms with Crippen molar-refractivity contribution in [3.05, 3.63) is 29.8 Å². The Balaban J connectivity index is 1.95. The molecule has 2 N–H and O–H groups in total. The zero-order valence-electron chi connectivity index (χ0n) is 13.9. The second kappa shape index (κ2) is 7.31. The van der Waals surface area contributed by atoms with Gasteiger partial charge in [0, 0.05) is 19.2 Å². The molecular formula is C16H21N3O5. The zero-order valence-corrected chi connectivity index (χ0v) is 13.9. The minimum absolute atomic E-state index is 0.0386. The van der Waals surface area contributed by atoms with E-state index in [9.17, 15) is 14.4 Å². The molecule has 4 amide bonds. The van der Waals surface area contributed by atoms with Crippen molar-refractivity contribution >= 4 is 17.8 Å². The number of rotatable bonds is 7. The molecule has 0 radical (unpaired) electrons. The lowest BCUT2D eigenvalue weighted by molar-refractivity contribution is -0.135. The average Bonchev–Trinajstić information content (AvgIpc) is 2.76. The first-order valence-corrected chi connectivity index (χ1v) is 7.43. The third-order valence-electron chi connectivity index (χ3n) is 3.75. The minimum Gasteiger partial charge on any atom is -0.496 e. The second-order valence-electron chi connectivity index (χ2n) is 5.68. The van der Waals surface area contributed by atoms with Crippen molar-refractivity contribution in [2.75, 3.05) is 27.4 Å². The van der Waals surface area contributed by atoms with E-state index in [1.807, 2.05) is 18.2 Å². The summed E-state index contributed by atoms with van der Waals surface area (Å²) in [5.74, 6) is -0.270. The number of para-hydroxylation sites is 1. The van der Waals surface area contributed by atoms with Crippen LogP contribution in [-0.2, 0) is 20.9 Å². The summed E-state index contributed by atoms with van der Waals surface area (Å²) in [6.07, 6.45) is 0. The van der Waals surface area contributed by atoms with Crippen LogP contribution < -0.4 is 15.4 Å². The van der Waals surface area contributed by atoms with E-state index in [1.54, 1.807) is 20.1 Å². The van der Waals surface area contributed by atoms with Gasteiger partial charge in [-0.1, -0.05) is 18.2 Å². The smallest absolute Gasteiger partial charge is 0.325 e. The average molecular weight is 335 g/mol. The summed E-state index contributed by atoms with van der Waals surface area (Å²) in [5.41, 5.74) is -0.343. The van der Waals surface area contributed by atoms with Gasteiger partial charge in [0.1, 0.15) is 17.8 Å². The van der Waals surface area contributed by atoms with Gasteiger partial charge in [-0.25, -0.2) is 4.79 Å². The molecule has 8 heteroatoms. The van der Waals surface area contributed by atoms with Crippen LogP contribution in [0.3, 0.4) is 0 Å². The van der Waals surface area contributed by atoms with Crippen LogP contribution in [0.1, 0.15) is 12.5 Å². The molecule has 1 aliphatic heterocycles. The van der Waals surface area contributed by atoms with E-state index in [0.717, 1.165) is 10.5 Å². The lowest BCUT2D eigenvalue weighted by Crippen LogP contribution is -2.48. The van der Waals surface area contributed by atoms with E-state index < -0.39 is 23.4 Å². The number of nitrogens with zero attached hydrogens (tertiary/aromatic N) is 1. The summed E-state index contributed by atoms with van der Waals surface area (Å²) in [7, 11) is 2.98. The fourth-order valence-electron chi connectivity index (χ4n) is 2.52. The van der Waals surface area contributed by atoms with Crippen LogP contribution in [0.4, 0.5) is 4.79 Å². The van der Waals surface area contributed by atoms with Crippen LogP contribution in [-0.4, -0.2) is 55.7 Å². The highest BCUT2D eigenvalue weighted by Gasteiger charge is 2.48. The van der Waals surface area contributed by atoms with Crippen molar-refractivity contribution in [3.8, 4) is 5.75 Å². The molecule has 1 aromatic rings. The number of carbonyl (C=O) groups excluding carboxylic acids is 3. The second-order valence-corrected chi connectivity index (χ2v) is 5.68. The molecule has 0 bridgehead atoms. The van der Waals surface area contributed by atoms with Gasteiger partial charge in [0.05, 0.1) is 13.7 Å². The summed E-state index contributed by atoms with van der Waals surface area (Å²) in [6, 6.07) is 6.66. The van der Waals surface area contributed by atoms with Gasteiger partial charge in [-0.3, -0.25) is 14.5 Å². The molecule has 1 aromatic carbocycles. The van der Waals surface area contributed by atoms with Crippen LogP contribution >= 0.6 is 0 Å². The molecule has 130 valence electrons. The summed E-state index contributed by atoms with van der Waals surface area (Å²) >= 11 is 0. The van der Waals surface area contributed by atoms with Gasteiger partial charge < -0.3 is 20.1 Å². The number of methoxy groups -OCH3 is 2. The predicted molar refractivity (Wildman–Crippen MR) is 85.4 cm³/mol. The highest BCUT2D eigenvalue weighted by atomic mass is 16.5. The quantitative estimate of drug-likeness (QED) is 0.697. The third kappa shape index (κ3) is 3.65. The summed E-state index contributed by atoms with van der Waals surface area (Å²) in [5, 5.41) is 5.22. The summed E-state index contributed by atoms with van der Waals surface area (Å²) < 4.78 is 10.2. The highest BCUT2D eigenvalue weighted by Crippen LogP contribution is 2.18. The molecule has 1 unspecified atom stereocenters. The first kappa shape index (κ1) is 17.7. The fourth-order valence-corrected chi connectivity index (χ4v) is 2.52. The Morgan fingerprint density at radius 3 is 2.67 bits per heavy atom. The number of amides is 4. The van der Waals surface area contributed by atoms with Gasteiger partial charge in [0.15, 0.2) is 0 Å². The van der Waals surface area contributed by atoms with Crippen molar-refractivity contribution < 1.29 is 23.9 Å². The van der Waals surface area contributed by atoms with Crippen molar-refractivity contribution in [1.29, 1.82) is 0 Å². The van der Waals surface area contributed by atoms with Gasteiger partial charge in [0.25, 0.3) is 5.91 Å². The normalized spacial score (nSPS) is 20.0. The van der Waals surface area contributed by atoms with Gasteiger partial charge in [0.2, 0.25) is 5.91 Å². The Bertz CT molecular complexity index is 648. The number of imide groups is 1. The van der Waals surface area contributed by atoms with E-state index in [4.69, 9.17) is 9.47 Å². The molecule has 0 spiro atoms. The first-order valence-electron chi connectivity index (χ1n) is 7.43. The van der Waals surface area contributed by atoms with E-state index in [1.165, 1.54) is 7.11 Å². The first-order chi connectivity index (χ1) is 11.4. The topological polar surface area (TPSA) is 97.0 Å². The number of carbonyl (C=O) groups is 3. The Labute approximate surface area is 140 Å². The van der Waals surface area contributed by atoms with Gasteiger partial charge in [-0.15, -0.1) is 0 Å². The maximum absolute atomic E-state index is 12.3. The molecule has 8 nitrogen and oxygen atoms in total. The predicted octanol–water partition coefficient (Wildman–Crippen LogP) is 0.268.